The highest BCUT2D eigenvalue weighted by Gasteiger charge is 2.18. The maximum atomic E-state index is 12.2. The number of hydrogen-bond acceptors (Lipinski definition) is 5. The number of fused-ring (bicyclic) bond motifs is 1. The van der Waals surface area contributed by atoms with Crippen molar-refractivity contribution in [2.24, 2.45) is 4.99 Å². The number of benzene rings is 1. The summed E-state index contributed by atoms with van der Waals surface area (Å²) in [6, 6.07) is 11.8. The Hall–Kier alpha value is -2.86. The van der Waals surface area contributed by atoms with Crippen molar-refractivity contribution in [1.82, 2.24) is 10.2 Å². The quantitative estimate of drug-likeness (QED) is 0.783. The van der Waals surface area contributed by atoms with Crippen LogP contribution in [-0.2, 0) is 4.79 Å². The minimum absolute atomic E-state index is 0.0809. The van der Waals surface area contributed by atoms with Gasteiger partial charge in [0.05, 0.1) is 35.9 Å². The maximum Gasteiger partial charge on any atom is 0.230 e. The van der Waals surface area contributed by atoms with Crippen molar-refractivity contribution in [3.05, 3.63) is 59.7 Å². The predicted molar refractivity (Wildman–Crippen MR) is 91.2 cm³/mol. The fourth-order valence-electron chi connectivity index (χ4n) is 2.49. The van der Waals surface area contributed by atoms with Crippen LogP contribution in [0.5, 0.6) is 0 Å². The molecule has 5 nitrogen and oxygen atoms in total. The lowest BCUT2D eigenvalue weighted by atomic mass is 10.1. The summed E-state index contributed by atoms with van der Waals surface area (Å²) >= 11 is 1.67. The molecule has 1 aliphatic rings. The molecule has 112 valence electrons. The molecule has 1 aliphatic heterocycles. The second-order valence-corrected chi connectivity index (χ2v) is 6.07. The van der Waals surface area contributed by atoms with Crippen molar-refractivity contribution in [3.63, 3.8) is 0 Å². The second-order valence-electron chi connectivity index (χ2n) is 5.12. The normalized spacial score (nSPS) is 13.7. The smallest absolute Gasteiger partial charge is 0.230 e. The number of rotatable bonds is 2. The van der Waals surface area contributed by atoms with Gasteiger partial charge in [0.15, 0.2) is 0 Å². The number of nitrogens with zero attached hydrogens (tertiary/aromatic N) is 3. The molecule has 23 heavy (non-hydrogen) atoms. The first-order valence-corrected chi connectivity index (χ1v) is 8.00. The first-order valence-electron chi connectivity index (χ1n) is 7.12. The first kappa shape index (κ1) is 13.8. The lowest BCUT2D eigenvalue weighted by Crippen LogP contribution is -2.15. The molecule has 0 unspecified atom stereocenters. The number of anilines is 1. The molecule has 1 N–H and O–H groups in total. The van der Waals surface area contributed by atoms with Gasteiger partial charge in [0.2, 0.25) is 5.91 Å². The molecule has 0 fully saturated rings. The van der Waals surface area contributed by atoms with Gasteiger partial charge in [0, 0.05) is 10.4 Å². The van der Waals surface area contributed by atoms with E-state index in [1.165, 1.54) is 0 Å². The van der Waals surface area contributed by atoms with Crippen LogP contribution in [0.2, 0.25) is 0 Å². The third kappa shape index (κ3) is 2.76. The minimum Gasteiger partial charge on any atom is -0.324 e. The van der Waals surface area contributed by atoms with E-state index in [2.05, 4.69) is 26.6 Å². The van der Waals surface area contributed by atoms with Crippen LogP contribution in [0.4, 0.5) is 11.4 Å². The molecule has 0 aliphatic carbocycles. The Labute approximate surface area is 136 Å². The summed E-state index contributed by atoms with van der Waals surface area (Å²) in [4.78, 5) is 18.0. The Morgan fingerprint density at radius 2 is 2.04 bits per heavy atom. The number of aromatic nitrogens is 2. The van der Waals surface area contributed by atoms with Gasteiger partial charge in [0.1, 0.15) is 0 Å². The Morgan fingerprint density at radius 3 is 2.83 bits per heavy atom. The van der Waals surface area contributed by atoms with Crippen LogP contribution >= 0.6 is 11.3 Å². The molecule has 0 spiro atoms. The molecule has 0 atom stereocenters. The van der Waals surface area contributed by atoms with E-state index in [0.717, 1.165) is 27.4 Å². The zero-order valence-corrected chi connectivity index (χ0v) is 12.9. The molecule has 4 rings (SSSR count). The largest absolute Gasteiger partial charge is 0.324 e. The number of nitrogens with one attached hydrogen (secondary N) is 1. The van der Waals surface area contributed by atoms with Gasteiger partial charge >= 0.3 is 0 Å². The van der Waals surface area contributed by atoms with Gasteiger partial charge in [-0.25, -0.2) is 0 Å². The average molecular weight is 320 g/mol. The highest BCUT2D eigenvalue weighted by molar-refractivity contribution is 7.13. The number of hydrogen-bond donors (Lipinski definition) is 1. The van der Waals surface area contributed by atoms with E-state index in [4.69, 9.17) is 0 Å². The average Bonchev–Trinajstić information content (AvgIpc) is 3.05. The van der Waals surface area contributed by atoms with Crippen LogP contribution in [0.15, 0.2) is 59.2 Å². The zero-order chi connectivity index (χ0) is 15.6. The van der Waals surface area contributed by atoms with E-state index in [-0.39, 0.29) is 12.3 Å². The molecule has 0 bridgehead atoms. The van der Waals surface area contributed by atoms with Crippen molar-refractivity contribution in [3.8, 4) is 10.4 Å². The fraction of sp³-hybridized carbons (Fsp3) is 0.0588. The number of carbonyl (C=O) groups is 1. The number of carbonyl (C=O) groups excluding carboxylic acids is 1. The molecule has 6 heteroatoms. The SMILES string of the molecule is O=C1CC(c2ccnnc2)=Nc2ccc(-c3cccs3)cc2N1. The van der Waals surface area contributed by atoms with Gasteiger partial charge in [-0.05, 0) is 35.2 Å². The van der Waals surface area contributed by atoms with Gasteiger partial charge < -0.3 is 5.32 Å². The first-order chi connectivity index (χ1) is 11.3. The van der Waals surface area contributed by atoms with Crippen molar-refractivity contribution in [2.45, 2.75) is 6.42 Å². The predicted octanol–water partition coefficient (Wildman–Crippen LogP) is 3.67. The van der Waals surface area contributed by atoms with Crippen LogP contribution in [0, 0.1) is 0 Å². The summed E-state index contributed by atoms with van der Waals surface area (Å²) in [5.74, 6) is -0.0809. The Balaban J connectivity index is 1.79. The molecule has 1 amide bonds. The third-order valence-corrected chi connectivity index (χ3v) is 4.50. The molecule has 3 heterocycles. The lowest BCUT2D eigenvalue weighted by molar-refractivity contribution is -0.115. The monoisotopic (exact) mass is 320 g/mol. The second kappa shape index (κ2) is 5.73. The maximum absolute atomic E-state index is 12.2. The number of amides is 1. The van der Waals surface area contributed by atoms with Gasteiger partial charge in [-0.2, -0.15) is 10.2 Å². The Bertz CT molecular complexity index is 888. The van der Waals surface area contributed by atoms with E-state index >= 15 is 0 Å². The molecule has 2 aromatic heterocycles. The fourth-order valence-corrected chi connectivity index (χ4v) is 3.21. The number of aliphatic imine (C=N–C) groups is 1. The van der Waals surface area contributed by atoms with E-state index in [1.807, 2.05) is 35.7 Å². The van der Waals surface area contributed by atoms with Crippen LogP contribution in [0.25, 0.3) is 10.4 Å². The van der Waals surface area contributed by atoms with E-state index in [9.17, 15) is 4.79 Å². The summed E-state index contributed by atoms with van der Waals surface area (Å²) in [5.41, 5.74) is 4.06. The topological polar surface area (TPSA) is 67.2 Å². The van der Waals surface area contributed by atoms with Gasteiger partial charge in [0.25, 0.3) is 0 Å². The third-order valence-electron chi connectivity index (χ3n) is 3.58. The van der Waals surface area contributed by atoms with Crippen LogP contribution in [-0.4, -0.2) is 21.8 Å². The van der Waals surface area contributed by atoms with Crippen molar-refractivity contribution in [2.75, 3.05) is 5.32 Å². The minimum atomic E-state index is -0.0809. The molecular formula is C17H12N4OS. The lowest BCUT2D eigenvalue weighted by Gasteiger charge is -2.06. The van der Waals surface area contributed by atoms with E-state index in [1.54, 1.807) is 23.7 Å². The summed E-state index contributed by atoms with van der Waals surface area (Å²) in [5, 5.41) is 12.6. The van der Waals surface area contributed by atoms with E-state index < -0.39 is 0 Å². The summed E-state index contributed by atoms with van der Waals surface area (Å²) < 4.78 is 0. The van der Waals surface area contributed by atoms with E-state index in [0.29, 0.717) is 5.71 Å². The van der Waals surface area contributed by atoms with Crippen LogP contribution in [0.3, 0.4) is 0 Å². The molecule has 0 saturated carbocycles. The standard InChI is InChI=1S/C17H12N4OS/c22-17-9-14(12-5-6-18-19-10-12)20-13-4-3-11(8-15(13)21-17)16-2-1-7-23-16/h1-8,10H,9H2,(H,21,22). The van der Waals surface area contributed by atoms with Gasteiger partial charge in [-0.15, -0.1) is 11.3 Å². The van der Waals surface area contributed by atoms with Crippen LogP contribution < -0.4 is 5.32 Å². The zero-order valence-electron chi connectivity index (χ0n) is 12.1. The van der Waals surface area contributed by atoms with Crippen molar-refractivity contribution >= 4 is 34.3 Å². The molecule has 0 radical (unpaired) electrons. The van der Waals surface area contributed by atoms with Gasteiger partial charge in [-0.1, -0.05) is 12.1 Å². The van der Waals surface area contributed by atoms with Crippen LogP contribution in [0.1, 0.15) is 12.0 Å². The Morgan fingerprint density at radius 1 is 1.09 bits per heavy atom. The highest BCUT2D eigenvalue weighted by Crippen LogP contribution is 2.34. The summed E-state index contributed by atoms with van der Waals surface area (Å²) in [6.07, 6.45) is 3.44. The molecule has 0 saturated heterocycles. The molecule has 3 aromatic rings. The van der Waals surface area contributed by atoms with Gasteiger partial charge in [-0.3, -0.25) is 9.79 Å². The molecular weight excluding hydrogens is 308 g/mol. The molecule has 1 aromatic carbocycles. The van der Waals surface area contributed by atoms with Crippen molar-refractivity contribution in [1.29, 1.82) is 0 Å². The summed E-state index contributed by atoms with van der Waals surface area (Å²) in [6.45, 7) is 0. The Kier molecular flexibility index (Phi) is 3.44. The highest BCUT2D eigenvalue weighted by atomic mass is 32.1. The number of thiophene rings is 1. The van der Waals surface area contributed by atoms with Crippen molar-refractivity contribution < 1.29 is 4.79 Å². The summed E-state index contributed by atoms with van der Waals surface area (Å²) in [7, 11) is 0.